The molecule has 0 aliphatic rings. The molecule has 0 spiro atoms. The molecule has 106 valence electrons. The number of sulfone groups is 1. The predicted octanol–water partition coefficient (Wildman–Crippen LogP) is 3.88. The second kappa shape index (κ2) is 5.42. The fraction of sp³-hybridized carbons (Fsp3) is 0.0625. The van der Waals surface area contributed by atoms with E-state index in [0.29, 0.717) is 4.90 Å². The average Bonchev–Trinajstić information content (AvgIpc) is 2.97. The summed E-state index contributed by atoms with van der Waals surface area (Å²) < 4.78 is 22.9. The highest BCUT2D eigenvalue weighted by molar-refractivity contribution is 7.90. The van der Waals surface area contributed by atoms with Gasteiger partial charge in [-0.2, -0.15) is 0 Å². The van der Waals surface area contributed by atoms with Crippen molar-refractivity contribution >= 4 is 21.2 Å². The molecule has 0 aliphatic heterocycles. The maximum Gasteiger partial charge on any atom is 0.175 e. The Hall–Kier alpha value is -1.98. The van der Waals surface area contributed by atoms with Crippen molar-refractivity contribution in [3.8, 4) is 21.8 Å². The number of hydrogen-bond donors (Lipinski definition) is 0. The van der Waals surface area contributed by atoms with Crippen LogP contribution in [0.5, 0.6) is 0 Å². The third-order valence-electron chi connectivity index (χ3n) is 3.10. The number of nitrogens with zero attached hydrogens (tertiary/aromatic N) is 1. The predicted molar refractivity (Wildman–Crippen MR) is 86.1 cm³/mol. The van der Waals surface area contributed by atoms with Crippen molar-refractivity contribution in [2.45, 2.75) is 4.90 Å². The normalized spacial score (nSPS) is 11.5. The molecule has 3 aromatic rings. The van der Waals surface area contributed by atoms with Crippen LogP contribution in [-0.4, -0.2) is 19.7 Å². The fourth-order valence-corrected chi connectivity index (χ4v) is 3.46. The number of benzene rings is 2. The fourth-order valence-electron chi connectivity index (χ4n) is 1.99. The highest BCUT2D eigenvalue weighted by Crippen LogP contribution is 2.29. The quantitative estimate of drug-likeness (QED) is 0.737. The van der Waals surface area contributed by atoms with E-state index in [9.17, 15) is 8.42 Å². The minimum atomic E-state index is -3.16. The van der Waals surface area contributed by atoms with Gasteiger partial charge in [0.25, 0.3) is 0 Å². The van der Waals surface area contributed by atoms with Gasteiger partial charge in [0.1, 0.15) is 5.01 Å². The molecule has 3 nitrogen and oxygen atoms in total. The highest BCUT2D eigenvalue weighted by Gasteiger charge is 2.09. The first kappa shape index (κ1) is 14.0. The van der Waals surface area contributed by atoms with Crippen LogP contribution in [0.15, 0.2) is 64.9 Å². The topological polar surface area (TPSA) is 47.0 Å². The van der Waals surface area contributed by atoms with E-state index in [-0.39, 0.29) is 0 Å². The van der Waals surface area contributed by atoms with Crippen LogP contribution < -0.4 is 0 Å². The Kier molecular flexibility index (Phi) is 3.61. The largest absolute Gasteiger partial charge is 0.236 e. The zero-order valence-electron chi connectivity index (χ0n) is 11.4. The van der Waals surface area contributed by atoms with Crippen LogP contribution >= 0.6 is 11.3 Å². The summed E-state index contributed by atoms with van der Waals surface area (Å²) >= 11 is 1.58. The molecule has 3 rings (SSSR count). The molecule has 0 aliphatic carbocycles. The van der Waals surface area contributed by atoms with Gasteiger partial charge in [-0.25, -0.2) is 13.4 Å². The molecule has 21 heavy (non-hydrogen) atoms. The summed E-state index contributed by atoms with van der Waals surface area (Å²) in [5.74, 6) is 0. The van der Waals surface area contributed by atoms with Gasteiger partial charge < -0.3 is 0 Å². The highest BCUT2D eigenvalue weighted by atomic mass is 32.2. The molecule has 0 radical (unpaired) electrons. The molecular formula is C16H13NO2S2. The molecule has 0 unspecified atom stereocenters. The van der Waals surface area contributed by atoms with Gasteiger partial charge in [-0.3, -0.25) is 0 Å². The molecule has 1 heterocycles. The smallest absolute Gasteiger partial charge is 0.175 e. The summed E-state index contributed by atoms with van der Waals surface area (Å²) in [6, 6.07) is 16.8. The van der Waals surface area contributed by atoms with E-state index >= 15 is 0 Å². The molecule has 2 aromatic carbocycles. The van der Waals surface area contributed by atoms with E-state index in [2.05, 4.69) is 4.98 Å². The summed E-state index contributed by atoms with van der Waals surface area (Å²) in [5.41, 5.74) is 2.86. The number of aromatic nitrogens is 1. The van der Waals surface area contributed by atoms with E-state index in [1.807, 2.05) is 35.7 Å². The first-order valence-corrected chi connectivity index (χ1v) is 9.12. The van der Waals surface area contributed by atoms with E-state index < -0.39 is 9.84 Å². The molecule has 0 N–H and O–H groups in total. The van der Waals surface area contributed by atoms with Gasteiger partial charge in [0.2, 0.25) is 0 Å². The molecule has 5 heteroatoms. The van der Waals surface area contributed by atoms with Gasteiger partial charge in [-0.05, 0) is 12.1 Å². The summed E-state index contributed by atoms with van der Waals surface area (Å²) in [6.07, 6.45) is 1.21. The van der Waals surface area contributed by atoms with Gasteiger partial charge in [0, 0.05) is 22.8 Å². The van der Waals surface area contributed by atoms with Crippen molar-refractivity contribution in [1.82, 2.24) is 4.98 Å². The van der Waals surface area contributed by atoms with Crippen LogP contribution in [0.1, 0.15) is 0 Å². The Bertz CT molecular complexity index is 851. The van der Waals surface area contributed by atoms with E-state index in [0.717, 1.165) is 21.8 Å². The second-order valence-corrected chi connectivity index (χ2v) is 7.57. The first-order valence-electron chi connectivity index (χ1n) is 6.35. The monoisotopic (exact) mass is 315 g/mol. The van der Waals surface area contributed by atoms with Crippen molar-refractivity contribution in [3.05, 3.63) is 60.0 Å². The number of thiazole rings is 1. The van der Waals surface area contributed by atoms with Crippen molar-refractivity contribution in [2.75, 3.05) is 6.26 Å². The standard InChI is InChI=1S/C16H13NO2S2/c1-21(18,19)14-9-7-12(8-10-14)15-11-20-16(17-15)13-5-3-2-4-6-13/h2-11H,1H3. The Morgan fingerprint density at radius 3 is 2.19 bits per heavy atom. The molecule has 0 amide bonds. The summed E-state index contributed by atoms with van der Waals surface area (Å²) in [4.78, 5) is 4.94. The van der Waals surface area contributed by atoms with E-state index in [1.54, 1.807) is 35.6 Å². The zero-order valence-corrected chi connectivity index (χ0v) is 13.0. The third-order valence-corrected chi connectivity index (χ3v) is 5.12. The Morgan fingerprint density at radius 2 is 1.57 bits per heavy atom. The van der Waals surface area contributed by atoms with Gasteiger partial charge in [0.05, 0.1) is 10.6 Å². The van der Waals surface area contributed by atoms with Gasteiger partial charge in [0.15, 0.2) is 9.84 Å². The summed E-state index contributed by atoms with van der Waals surface area (Å²) in [7, 11) is -3.16. The van der Waals surface area contributed by atoms with Gasteiger partial charge in [-0.1, -0.05) is 42.5 Å². The summed E-state index contributed by atoms with van der Waals surface area (Å²) in [5, 5.41) is 2.94. The maximum atomic E-state index is 11.5. The van der Waals surface area contributed by atoms with Crippen molar-refractivity contribution in [1.29, 1.82) is 0 Å². The van der Waals surface area contributed by atoms with E-state index in [4.69, 9.17) is 0 Å². The Balaban J connectivity index is 1.94. The minimum absolute atomic E-state index is 0.324. The number of rotatable bonds is 3. The molecule has 0 atom stereocenters. The van der Waals surface area contributed by atoms with Crippen LogP contribution in [0.3, 0.4) is 0 Å². The lowest BCUT2D eigenvalue weighted by atomic mass is 10.2. The van der Waals surface area contributed by atoms with Crippen molar-refractivity contribution in [3.63, 3.8) is 0 Å². The molecular weight excluding hydrogens is 302 g/mol. The molecule has 0 saturated carbocycles. The van der Waals surface area contributed by atoms with Crippen LogP contribution in [0.4, 0.5) is 0 Å². The first-order chi connectivity index (χ1) is 10.0. The zero-order chi connectivity index (χ0) is 14.9. The van der Waals surface area contributed by atoms with Crippen LogP contribution in [0.25, 0.3) is 21.8 Å². The third kappa shape index (κ3) is 3.04. The molecule has 1 aromatic heterocycles. The maximum absolute atomic E-state index is 11.5. The van der Waals surface area contributed by atoms with E-state index in [1.165, 1.54) is 6.26 Å². The minimum Gasteiger partial charge on any atom is -0.236 e. The Labute approximate surface area is 127 Å². The lowest BCUT2D eigenvalue weighted by molar-refractivity contribution is 0.602. The Morgan fingerprint density at radius 1 is 0.905 bits per heavy atom. The SMILES string of the molecule is CS(=O)(=O)c1ccc(-c2csc(-c3ccccc3)n2)cc1. The van der Waals surface area contributed by atoms with Gasteiger partial charge >= 0.3 is 0 Å². The van der Waals surface area contributed by atoms with Crippen molar-refractivity contribution in [2.24, 2.45) is 0 Å². The van der Waals surface area contributed by atoms with Crippen molar-refractivity contribution < 1.29 is 8.42 Å². The number of hydrogen-bond acceptors (Lipinski definition) is 4. The lowest BCUT2D eigenvalue weighted by Gasteiger charge is -2.00. The lowest BCUT2D eigenvalue weighted by Crippen LogP contribution is -1.96. The average molecular weight is 315 g/mol. The van der Waals surface area contributed by atoms with Crippen LogP contribution in [0, 0.1) is 0 Å². The second-order valence-electron chi connectivity index (χ2n) is 4.70. The molecule has 0 saturated heterocycles. The van der Waals surface area contributed by atoms with Crippen LogP contribution in [-0.2, 0) is 9.84 Å². The summed E-state index contributed by atoms with van der Waals surface area (Å²) in [6.45, 7) is 0. The molecule has 0 bridgehead atoms. The van der Waals surface area contributed by atoms with Crippen LogP contribution in [0.2, 0.25) is 0 Å². The molecule has 0 fully saturated rings. The van der Waals surface area contributed by atoms with Gasteiger partial charge in [-0.15, -0.1) is 11.3 Å².